The molecule has 0 saturated heterocycles. The molecule has 26 heavy (non-hydrogen) atoms. The van der Waals surface area contributed by atoms with Gasteiger partial charge in [-0.2, -0.15) is 0 Å². The Morgan fingerprint density at radius 1 is 1.04 bits per heavy atom. The van der Waals surface area contributed by atoms with Crippen LogP contribution in [0.25, 0.3) is 0 Å². The van der Waals surface area contributed by atoms with Crippen LogP contribution in [0.3, 0.4) is 0 Å². The molecule has 0 aromatic heterocycles. The van der Waals surface area contributed by atoms with Crippen molar-refractivity contribution in [2.45, 2.75) is 33.3 Å². The van der Waals surface area contributed by atoms with Gasteiger partial charge >= 0.3 is 6.09 Å². The van der Waals surface area contributed by atoms with Gasteiger partial charge in [-0.05, 0) is 47.1 Å². The number of hydrogen-bond donors (Lipinski definition) is 2. The first-order chi connectivity index (χ1) is 12.4. The highest BCUT2D eigenvalue weighted by atomic mass is 16.5. The van der Waals surface area contributed by atoms with E-state index >= 15 is 0 Å². The van der Waals surface area contributed by atoms with Crippen LogP contribution in [0.5, 0.6) is 0 Å². The maximum absolute atomic E-state index is 12.0. The van der Waals surface area contributed by atoms with Crippen molar-refractivity contribution in [3.8, 4) is 0 Å². The molecule has 5 heteroatoms. The predicted molar refractivity (Wildman–Crippen MR) is 101 cm³/mol. The summed E-state index contributed by atoms with van der Waals surface area (Å²) in [7, 11) is 0. The van der Waals surface area contributed by atoms with Crippen LogP contribution in [0.15, 0.2) is 48.5 Å². The van der Waals surface area contributed by atoms with Gasteiger partial charge in [-0.15, -0.1) is 0 Å². The van der Waals surface area contributed by atoms with Crippen LogP contribution in [-0.4, -0.2) is 18.5 Å². The van der Waals surface area contributed by atoms with Crippen LogP contribution >= 0.6 is 0 Å². The predicted octanol–water partition coefficient (Wildman–Crippen LogP) is 3.68. The van der Waals surface area contributed by atoms with Crippen molar-refractivity contribution in [3.05, 3.63) is 65.2 Å². The zero-order valence-corrected chi connectivity index (χ0v) is 15.2. The highest BCUT2D eigenvalue weighted by Gasteiger charge is 2.28. The molecule has 0 heterocycles. The first kappa shape index (κ1) is 18.0. The van der Waals surface area contributed by atoms with E-state index in [1.807, 2.05) is 42.5 Å². The smallest absolute Gasteiger partial charge is 0.407 e. The second-order valence-corrected chi connectivity index (χ2v) is 7.46. The first-order valence-corrected chi connectivity index (χ1v) is 8.77. The van der Waals surface area contributed by atoms with Crippen molar-refractivity contribution in [2.75, 3.05) is 11.9 Å². The fourth-order valence-corrected chi connectivity index (χ4v) is 3.27. The molecular weight excluding hydrogens is 328 g/mol. The van der Waals surface area contributed by atoms with Crippen LogP contribution < -0.4 is 10.6 Å². The van der Waals surface area contributed by atoms with Crippen LogP contribution in [-0.2, 0) is 29.0 Å². The molecule has 0 unspecified atom stereocenters. The molecule has 2 aromatic carbocycles. The summed E-state index contributed by atoms with van der Waals surface area (Å²) >= 11 is 0. The van der Waals surface area contributed by atoms with Gasteiger partial charge in [-0.3, -0.25) is 4.79 Å². The summed E-state index contributed by atoms with van der Waals surface area (Å²) in [6.45, 7) is 4.54. The Morgan fingerprint density at radius 2 is 1.77 bits per heavy atom. The number of alkyl carbamates (subject to hydrolysis) is 1. The minimum Gasteiger partial charge on any atom is -0.445 e. The second kappa shape index (κ2) is 7.60. The zero-order chi connectivity index (χ0) is 18.6. The van der Waals surface area contributed by atoms with E-state index in [0.717, 1.165) is 24.1 Å². The molecule has 136 valence electrons. The monoisotopic (exact) mass is 352 g/mol. The Balaban J connectivity index is 1.44. The van der Waals surface area contributed by atoms with Crippen molar-refractivity contribution < 1.29 is 14.3 Å². The average Bonchev–Trinajstić information content (AvgIpc) is 2.92. The summed E-state index contributed by atoms with van der Waals surface area (Å²) in [5.41, 5.74) is 4.55. The Kier molecular flexibility index (Phi) is 5.26. The molecule has 2 aromatic rings. The molecule has 0 fully saturated rings. The normalized spacial score (nSPS) is 14.4. The summed E-state index contributed by atoms with van der Waals surface area (Å²) in [5, 5.41) is 5.28. The average molecular weight is 352 g/mol. The molecular formula is C21H24N2O3. The number of carbonyl (C=O) groups excluding carboxylic acids is 2. The maximum atomic E-state index is 12.0. The third kappa shape index (κ3) is 4.85. The minimum absolute atomic E-state index is 0.129. The SMILES string of the molecule is CC1(C)Cc2ccc(NC(=O)CNC(=O)OCc3ccccc3)cc2C1. The van der Waals surface area contributed by atoms with Crippen molar-refractivity contribution >= 4 is 17.7 Å². The Morgan fingerprint density at radius 3 is 2.54 bits per heavy atom. The van der Waals surface area contributed by atoms with Crippen molar-refractivity contribution in [2.24, 2.45) is 5.41 Å². The lowest BCUT2D eigenvalue weighted by molar-refractivity contribution is -0.115. The van der Waals surface area contributed by atoms with E-state index in [2.05, 4.69) is 30.5 Å². The fourth-order valence-electron chi connectivity index (χ4n) is 3.27. The van der Waals surface area contributed by atoms with Gasteiger partial charge in [0.25, 0.3) is 0 Å². The summed E-state index contributed by atoms with van der Waals surface area (Å²) in [6.07, 6.45) is 1.46. The number of anilines is 1. The number of fused-ring (bicyclic) bond motifs is 1. The van der Waals surface area contributed by atoms with Crippen LogP contribution in [0.2, 0.25) is 0 Å². The van der Waals surface area contributed by atoms with Gasteiger partial charge in [0.15, 0.2) is 0 Å². The summed E-state index contributed by atoms with van der Waals surface area (Å²) in [5.74, 6) is -0.279. The van der Waals surface area contributed by atoms with Gasteiger partial charge in [0, 0.05) is 5.69 Å². The Hall–Kier alpha value is -2.82. The molecule has 0 saturated carbocycles. The van der Waals surface area contributed by atoms with Gasteiger partial charge < -0.3 is 15.4 Å². The second-order valence-electron chi connectivity index (χ2n) is 7.46. The van der Waals surface area contributed by atoms with Gasteiger partial charge in [0.1, 0.15) is 13.2 Å². The minimum atomic E-state index is -0.611. The van der Waals surface area contributed by atoms with Gasteiger partial charge in [-0.25, -0.2) is 4.79 Å². The van der Waals surface area contributed by atoms with Gasteiger partial charge in [0.05, 0.1) is 0 Å². The van der Waals surface area contributed by atoms with Gasteiger partial charge in [-0.1, -0.05) is 50.2 Å². The highest BCUT2D eigenvalue weighted by Crippen LogP contribution is 2.37. The summed E-state index contributed by atoms with van der Waals surface area (Å²) in [4.78, 5) is 23.7. The number of hydrogen-bond acceptors (Lipinski definition) is 3. The quantitative estimate of drug-likeness (QED) is 0.863. The molecule has 2 N–H and O–H groups in total. The molecule has 0 spiro atoms. The van der Waals surface area contributed by atoms with E-state index in [1.165, 1.54) is 11.1 Å². The zero-order valence-electron chi connectivity index (χ0n) is 15.2. The van der Waals surface area contributed by atoms with Crippen LogP contribution in [0.1, 0.15) is 30.5 Å². The van der Waals surface area contributed by atoms with E-state index in [0.29, 0.717) is 0 Å². The number of amides is 2. The fraction of sp³-hybridized carbons (Fsp3) is 0.333. The lowest BCUT2D eigenvalue weighted by atomic mass is 9.90. The number of rotatable bonds is 5. The van der Waals surface area contributed by atoms with Crippen molar-refractivity contribution in [1.82, 2.24) is 5.32 Å². The third-order valence-corrected chi connectivity index (χ3v) is 4.43. The topological polar surface area (TPSA) is 67.4 Å². The maximum Gasteiger partial charge on any atom is 0.407 e. The van der Waals surface area contributed by atoms with Crippen molar-refractivity contribution in [3.63, 3.8) is 0 Å². The molecule has 0 bridgehead atoms. The summed E-state index contributed by atoms with van der Waals surface area (Å²) < 4.78 is 5.08. The van der Waals surface area contributed by atoms with E-state index in [-0.39, 0.29) is 24.5 Å². The number of ether oxygens (including phenoxy) is 1. The van der Waals surface area contributed by atoms with Gasteiger partial charge in [0.2, 0.25) is 5.91 Å². The Labute approximate surface area is 153 Å². The molecule has 5 nitrogen and oxygen atoms in total. The highest BCUT2D eigenvalue weighted by molar-refractivity contribution is 5.94. The molecule has 1 aliphatic rings. The standard InChI is InChI=1S/C21H24N2O3/c1-21(2)11-16-8-9-18(10-17(16)12-21)23-19(24)13-22-20(25)26-14-15-6-4-3-5-7-15/h3-10H,11-14H2,1-2H3,(H,22,25)(H,23,24). The summed E-state index contributed by atoms with van der Waals surface area (Å²) in [6, 6.07) is 15.4. The van der Waals surface area contributed by atoms with E-state index < -0.39 is 6.09 Å². The third-order valence-electron chi connectivity index (χ3n) is 4.43. The number of benzene rings is 2. The molecule has 2 amide bonds. The van der Waals surface area contributed by atoms with Crippen molar-refractivity contribution in [1.29, 1.82) is 0 Å². The molecule has 3 rings (SSSR count). The number of carbonyl (C=O) groups is 2. The van der Waals surface area contributed by atoms with Crippen LogP contribution in [0, 0.1) is 5.41 Å². The molecule has 1 aliphatic carbocycles. The Bertz CT molecular complexity index is 800. The van der Waals surface area contributed by atoms with E-state index in [9.17, 15) is 9.59 Å². The largest absolute Gasteiger partial charge is 0.445 e. The van der Waals surface area contributed by atoms with Crippen LogP contribution in [0.4, 0.5) is 10.5 Å². The lowest BCUT2D eigenvalue weighted by Gasteiger charge is -2.14. The molecule has 0 radical (unpaired) electrons. The van der Waals surface area contributed by atoms with E-state index in [4.69, 9.17) is 4.74 Å². The number of nitrogens with one attached hydrogen (secondary N) is 2. The molecule has 0 atom stereocenters. The van der Waals surface area contributed by atoms with E-state index in [1.54, 1.807) is 0 Å². The lowest BCUT2D eigenvalue weighted by Crippen LogP contribution is -2.33. The first-order valence-electron chi connectivity index (χ1n) is 8.77. The molecule has 0 aliphatic heterocycles.